The Balaban J connectivity index is 1.84. The molecule has 1 aliphatic rings. The second-order valence-corrected chi connectivity index (χ2v) is 5.56. The van der Waals surface area contributed by atoms with Gasteiger partial charge in [-0.1, -0.05) is 36.4 Å². The lowest BCUT2D eigenvalue weighted by Crippen LogP contribution is -2.25. The van der Waals surface area contributed by atoms with E-state index in [1.165, 1.54) is 0 Å². The molecule has 3 rings (SSSR count). The van der Waals surface area contributed by atoms with Gasteiger partial charge in [0.1, 0.15) is 6.61 Å². The lowest BCUT2D eigenvalue weighted by atomic mass is 10.1. The third kappa shape index (κ3) is 3.91. The summed E-state index contributed by atoms with van der Waals surface area (Å²) in [7, 11) is 0. The minimum Gasteiger partial charge on any atom is -0.464 e. The highest BCUT2D eigenvalue weighted by Crippen LogP contribution is 2.26. The number of nitrogens with one attached hydrogen (secondary N) is 1. The molecule has 6 heteroatoms. The summed E-state index contributed by atoms with van der Waals surface area (Å²) >= 11 is 0. The van der Waals surface area contributed by atoms with Gasteiger partial charge in [0.05, 0.1) is 13.2 Å². The first kappa shape index (κ1) is 16.8. The van der Waals surface area contributed by atoms with E-state index in [0.717, 1.165) is 16.9 Å². The molecule has 0 saturated carbocycles. The molecular weight excluding hydrogens is 320 g/mol. The smallest absolute Gasteiger partial charge is 0.414 e. The van der Waals surface area contributed by atoms with Crippen LogP contribution in [0.5, 0.6) is 0 Å². The van der Waals surface area contributed by atoms with Crippen LogP contribution in [0.1, 0.15) is 18.5 Å². The van der Waals surface area contributed by atoms with E-state index in [1.54, 1.807) is 11.8 Å². The summed E-state index contributed by atoms with van der Waals surface area (Å²) in [6.45, 7) is 2.98. The van der Waals surface area contributed by atoms with E-state index < -0.39 is 6.04 Å². The number of anilines is 2. The van der Waals surface area contributed by atoms with Crippen molar-refractivity contribution in [1.29, 1.82) is 0 Å². The molecule has 0 aromatic heterocycles. The third-order valence-electron chi connectivity index (χ3n) is 3.88. The van der Waals surface area contributed by atoms with Gasteiger partial charge in [0.15, 0.2) is 6.04 Å². The van der Waals surface area contributed by atoms with Crippen molar-refractivity contribution in [2.45, 2.75) is 13.0 Å². The molecule has 1 amide bonds. The molecule has 0 spiro atoms. The van der Waals surface area contributed by atoms with Crippen LogP contribution < -0.4 is 10.2 Å². The lowest BCUT2D eigenvalue weighted by molar-refractivity contribution is -0.144. The Morgan fingerprint density at radius 2 is 2.04 bits per heavy atom. The molecule has 1 aliphatic heterocycles. The van der Waals surface area contributed by atoms with Crippen LogP contribution in [0.3, 0.4) is 0 Å². The van der Waals surface area contributed by atoms with Crippen molar-refractivity contribution < 1.29 is 19.1 Å². The van der Waals surface area contributed by atoms with Crippen molar-refractivity contribution in [3.8, 4) is 0 Å². The highest BCUT2D eigenvalue weighted by atomic mass is 16.6. The maximum Gasteiger partial charge on any atom is 0.414 e. The zero-order valence-electron chi connectivity index (χ0n) is 14.0. The summed E-state index contributed by atoms with van der Waals surface area (Å²) in [5.41, 5.74) is 2.26. The minimum atomic E-state index is -0.623. The van der Waals surface area contributed by atoms with Crippen molar-refractivity contribution in [3.05, 3.63) is 60.2 Å². The largest absolute Gasteiger partial charge is 0.464 e. The summed E-state index contributed by atoms with van der Waals surface area (Å²) in [5, 5.41) is 3.21. The number of rotatable bonds is 6. The number of carbonyl (C=O) groups is 2. The Kier molecular flexibility index (Phi) is 5.18. The van der Waals surface area contributed by atoms with Crippen LogP contribution >= 0.6 is 0 Å². The summed E-state index contributed by atoms with van der Waals surface area (Å²) in [4.78, 5) is 25.7. The van der Waals surface area contributed by atoms with E-state index in [2.05, 4.69) is 5.32 Å². The molecular formula is C19H20N2O4. The highest BCUT2D eigenvalue weighted by molar-refractivity contribution is 5.90. The number of nitrogens with zero attached hydrogens (tertiary/aromatic N) is 1. The summed E-state index contributed by atoms with van der Waals surface area (Å²) in [6, 6.07) is 16.1. The van der Waals surface area contributed by atoms with Gasteiger partial charge in [-0.3, -0.25) is 4.90 Å². The van der Waals surface area contributed by atoms with Crippen molar-refractivity contribution in [2.75, 3.05) is 30.0 Å². The van der Waals surface area contributed by atoms with Crippen molar-refractivity contribution in [3.63, 3.8) is 0 Å². The number of amides is 1. The number of carbonyl (C=O) groups excluding carboxylic acids is 2. The Hall–Kier alpha value is -3.02. The Bertz CT molecular complexity index is 748. The van der Waals surface area contributed by atoms with Crippen LogP contribution in [-0.4, -0.2) is 31.8 Å². The van der Waals surface area contributed by atoms with Gasteiger partial charge in [-0.05, 0) is 30.7 Å². The van der Waals surface area contributed by atoms with Gasteiger partial charge in [-0.25, -0.2) is 9.59 Å². The average Bonchev–Trinajstić information content (AvgIpc) is 3.07. The Morgan fingerprint density at radius 3 is 2.72 bits per heavy atom. The van der Waals surface area contributed by atoms with Gasteiger partial charge < -0.3 is 14.8 Å². The molecule has 0 bridgehead atoms. The van der Waals surface area contributed by atoms with Crippen LogP contribution in [-0.2, 0) is 14.3 Å². The summed E-state index contributed by atoms with van der Waals surface area (Å²) in [6.07, 6.45) is -0.359. The van der Waals surface area contributed by atoms with Crippen LogP contribution in [0.4, 0.5) is 16.2 Å². The molecule has 2 aromatic rings. The van der Waals surface area contributed by atoms with Gasteiger partial charge in [-0.2, -0.15) is 0 Å². The highest BCUT2D eigenvalue weighted by Gasteiger charge is 2.25. The van der Waals surface area contributed by atoms with Crippen LogP contribution in [0.2, 0.25) is 0 Å². The second-order valence-electron chi connectivity index (χ2n) is 5.56. The first-order valence-electron chi connectivity index (χ1n) is 8.21. The zero-order valence-corrected chi connectivity index (χ0v) is 14.0. The summed E-state index contributed by atoms with van der Waals surface area (Å²) < 4.78 is 10.2. The molecule has 1 atom stereocenters. The standard InChI is InChI=1S/C19H20N2O4/c1-2-24-18(22)17(14-7-4-3-5-8-14)20-15-9-6-10-16(13-15)21-11-12-25-19(21)23/h3-10,13,17,20H,2,11-12H2,1H3/t17-/m1/s1. The van der Waals surface area contributed by atoms with E-state index in [9.17, 15) is 9.59 Å². The normalized spacial score (nSPS) is 14.8. The lowest BCUT2D eigenvalue weighted by Gasteiger charge is -2.20. The van der Waals surface area contributed by atoms with Crippen LogP contribution in [0.15, 0.2) is 54.6 Å². The maximum atomic E-state index is 12.4. The van der Waals surface area contributed by atoms with E-state index in [0.29, 0.717) is 19.8 Å². The minimum absolute atomic E-state index is 0.309. The van der Waals surface area contributed by atoms with Gasteiger partial charge in [0.25, 0.3) is 0 Å². The van der Waals surface area contributed by atoms with Crippen LogP contribution in [0.25, 0.3) is 0 Å². The van der Waals surface area contributed by atoms with Crippen molar-refractivity contribution in [2.24, 2.45) is 0 Å². The Morgan fingerprint density at radius 1 is 1.24 bits per heavy atom. The van der Waals surface area contributed by atoms with Gasteiger partial charge in [0, 0.05) is 11.4 Å². The zero-order chi connectivity index (χ0) is 17.6. The first-order valence-corrected chi connectivity index (χ1v) is 8.21. The number of hydrogen-bond donors (Lipinski definition) is 1. The molecule has 1 saturated heterocycles. The fourth-order valence-corrected chi connectivity index (χ4v) is 2.71. The predicted octanol–water partition coefficient (Wildman–Crippen LogP) is 3.36. The third-order valence-corrected chi connectivity index (χ3v) is 3.88. The van der Waals surface area contributed by atoms with E-state index in [-0.39, 0.29) is 12.1 Å². The second kappa shape index (κ2) is 7.70. The van der Waals surface area contributed by atoms with Gasteiger partial charge >= 0.3 is 12.1 Å². The van der Waals surface area contributed by atoms with E-state index >= 15 is 0 Å². The maximum absolute atomic E-state index is 12.4. The molecule has 0 unspecified atom stereocenters. The predicted molar refractivity (Wildman–Crippen MR) is 94.6 cm³/mol. The molecule has 0 aliphatic carbocycles. The molecule has 1 fully saturated rings. The molecule has 1 heterocycles. The fourth-order valence-electron chi connectivity index (χ4n) is 2.71. The molecule has 1 N–H and O–H groups in total. The quantitative estimate of drug-likeness (QED) is 0.817. The molecule has 130 valence electrons. The van der Waals surface area contributed by atoms with Crippen molar-refractivity contribution >= 4 is 23.4 Å². The topological polar surface area (TPSA) is 67.9 Å². The number of benzene rings is 2. The molecule has 25 heavy (non-hydrogen) atoms. The fraction of sp³-hybridized carbons (Fsp3) is 0.263. The first-order chi connectivity index (χ1) is 12.2. The monoisotopic (exact) mass is 340 g/mol. The SMILES string of the molecule is CCOC(=O)[C@H](Nc1cccc(N2CCOC2=O)c1)c1ccccc1. The van der Waals surface area contributed by atoms with Crippen LogP contribution in [0, 0.1) is 0 Å². The van der Waals surface area contributed by atoms with Crippen molar-refractivity contribution in [1.82, 2.24) is 0 Å². The van der Waals surface area contributed by atoms with Gasteiger partial charge in [-0.15, -0.1) is 0 Å². The van der Waals surface area contributed by atoms with Gasteiger partial charge in [0.2, 0.25) is 0 Å². The average molecular weight is 340 g/mol. The Labute approximate surface area is 146 Å². The molecule has 6 nitrogen and oxygen atoms in total. The number of hydrogen-bond acceptors (Lipinski definition) is 5. The summed E-state index contributed by atoms with van der Waals surface area (Å²) in [5.74, 6) is -0.348. The molecule has 2 aromatic carbocycles. The molecule has 0 radical (unpaired) electrons. The number of cyclic esters (lactones) is 1. The number of esters is 1. The number of ether oxygens (including phenoxy) is 2. The van der Waals surface area contributed by atoms with E-state index in [1.807, 2.05) is 54.6 Å². The van der Waals surface area contributed by atoms with E-state index in [4.69, 9.17) is 9.47 Å².